The Labute approximate surface area is 194 Å². The van der Waals surface area contributed by atoms with Crippen LogP contribution in [0.15, 0.2) is 77.9 Å². The first-order valence-corrected chi connectivity index (χ1v) is 10.1. The first kappa shape index (κ1) is 23.0. The lowest BCUT2D eigenvalue weighted by Gasteiger charge is -2.06. The van der Waals surface area contributed by atoms with Crippen LogP contribution in [-0.2, 0) is 4.79 Å². The predicted octanol–water partition coefficient (Wildman–Crippen LogP) is 4.09. The van der Waals surface area contributed by atoms with Gasteiger partial charge in [-0.1, -0.05) is 47.5 Å². The molecule has 0 atom stereocenters. The van der Waals surface area contributed by atoms with Crippen molar-refractivity contribution in [3.05, 3.63) is 99.5 Å². The maximum atomic E-state index is 12.2. The van der Waals surface area contributed by atoms with Crippen LogP contribution in [0.5, 0.6) is 5.75 Å². The summed E-state index contributed by atoms with van der Waals surface area (Å²) in [5, 5.41) is 7.11. The van der Waals surface area contributed by atoms with E-state index >= 15 is 0 Å². The number of benzene rings is 3. The Kier molecular flexibility index (Phi) is 7.96. The van der Waals surface area contributed by atoms with Gasteiger partial charge in [0.1, 0.15) is 5.75 Å². The minimum Gasteiger partial charge on any atom is -0.423 e. The minimum absolute atomic E-state index is 0.274. The van der Waals surface area contributed by atoms with Gasteiger partial charge in [0, 0.05) is 5.02 Å². The van der Waals surface area contributed by atoms with E-state index in [4.69, 9.17) is 27.9 Å². The molecule has 32 heavy (non-hydrogen) atoms. The van der Waals surface area contributed by atoms with Crippen LogP contribution in [0.2, 0.25) is 10.0 Å². The Morgan fingerprint density at radius 3 is 2.44 bits per heavy atom. The Bertz CT molecular complexity index is 1160. The van der Waals surface area contributed by atoms with Crippen molar-refractivity contribution in [2.24, 2.45) is 5.10 Å². The van der Waals surface area contributed by atoms with Crippen molar-refractivity contribution in [1.29, 1.82) is 0 Å². The molecule has 0 aliphatic heterocycles. The largest absolute Gasteiger partial charge is 0.423 e. The van der Waals surface area contributed by atoms with Crippen molar-refractivity contribution in [1.82, 2.24) is 10.7 Å². The lowest BCUT2D eigenvalue weighted by molar-refractivity contribution is -0.120. The van der Waals surface area contributed by atoms with E-state index in [9.17, 15) is 14.4 Å². The summed E-state index contributed by atoms with van der Waals surface area (Å²) >= 11 is 11.8. The molecule has 3 rings (SSSR count). The lowest BCUT2D eigenvalue weighted by Crippen LogP contribution is -2.35. The number of nitrogens with zero attached hydrogens (tertiary/aromatic N) is 1. The summed E-state index contributed by atoms with van der Waals surface area (Å²) < 4.78 is 5.34. The van der Waals surface area contributed by atoms with Crippen molar-refractivity contribution >= 4 is 47.2 Å². The van der Waals surface area contributed by atoms with Gasteiger partial charge in [-0.05, 0) is 54.1 Å². The molecule has 162 valence electrons. The van der Waals surface area contributed by atoms with Crippen molar-refractivity contribution < 1.29 is 19.1 Å². The monoisotopic (exact) mass is 469 g/mol. The second-order valence-corrected chi connectivity index (χ2v) is 7.27. The van der Waals surface area contributed by atoms with E-state index in [0.29, 0.717) is 26.9 Å². The van der Waals surface area contributed by atoms with Crippen LogP contribution in [0.25, 0.3) is 0 Å². The lowest BCUT2D eigenvalue weighted by atomic mass is 10.2. The molecular weight excluding hydrogens is 453 g/mol. The molecule has 0 unspecified atom stereocenters. The molecule has 0 bridgehead atoms. The van der Waals surface area contributed by atoms with Gasteiger partial charge in [-0.25, -0.2) is 10.2 Å². The van der Waals surface area contributed by atoms with Gasteiger partial charge in [0.25, 0.3) is 11.8 Å². The maximum Gasteiger partial charge on any atom is 0.343 e. The van der Waals surface area contributed by atoms with Gasteiger partial charge < -0.3 is 10.1 Å². The number of esters is 1. The molecule has 0 aliphatic carbocycles. The fourth-order valence-electron chi connectivity index (χ4n) is 2.53. The first-order chi connectivity index (χ1) is 15.4. The number of hydrogen-bond acceptors (Lipinski definition) is 5. The normalized spacial score (nSPS) is 10.6. The Balaban J connectivity index is 1.50. The molecule has 0 saturated heterocycles. The van der Waals surface area contributed by atoms with Crippen molar-refractivity contribution in [2.45, 2.75) is 0 Å². The van der Waals surface area contributed by atoms with Gasteiger partial charge in [-0.15, -0.1) is 0 Å². The number of rotatable bonds is 7. The molecule has 2 amide bonds. The summed E-state index contributed by atoms with van der Waals surface area (Å²) in [5.41, 5.74) is 3.53. The van der Waals surface area contributed by atoms with Crippen molar-refractivity contribution in [3.8, 4) is 5.75 Å². The topological polar surface area (TPSA) is 96.9 Å². The Hall–Kier alpha value is -3.68. The highest BCUT2D eigenvalue weighted by molar-refractivity contribution is 6.33. The summed E-state index contributed by atoms with van der Waals surface area (Å²) in [4.78, 5) is 36.1. The van der Waals surface area contributed by atoms with Gasteiger partial charge >= 0.3 is 5.97 Å². The second kappa shape index (κ2) is 11.1. The summed E-state index contributed by atoms with van der Waals surface area (Å²) in [6, 6.07) is 19.4. The maximum absolute atomic E-state index is 12.2. The third kappa shape index (κ3) is 6.66. The molecule has 9 heteroatoms. The van der Waals surface area contributed by atoms with Gasteiger partial charge in [-0.3, -0.25) is 9.59 Å². The molecule has 0 saturated carbocycles. The number of carbonyl (C=O) groups is 3. The van der Waals surface area contributed by atoms with E-state index in [1.54, 1.807) is 72.8 Å². The average Bonchev–Trinajstić information content (AvgIpc) is 2.78. The highest BCUT2D eigenvalue weighted by atomic mass is 35.5. The molecule has 3 aromatic rings. The predicted molar refractivity (Wildman–Crippen MR) is 122 cm³/mol. The zero-order valence-electron chi connectivity index (χ0n) is 16.5. The van der Waals surface area contributed by atoms with Crippen LogP contribution >= 0.6 is 23.2 Å². The summed E-state index contributed by atoms with van der Waals surface area (Å²) in [6.07, 6.45) is 1.38. The van der Waals surface area contributed by atoms with Crippen LogP contribution in [0.3, 0.4) is 0 Å². The first-order valence-electron chi connectivity index (χ1n) is 9.35. The SMILES string of the molecule is O=C(CNC(=O)c1ccccc1Cl)N/N=C\c1cccc(OC(=O)c2ccc(Cl)cc2)c1. The number of hydrazone groups is 1. The zero-order chi connectivity index (χ0) is 22.9. The molecule has 0 fully saturated rings. The van der Waals surface area contributed by atoms with Gasteiger partial charge in [-0.2, -0.15) is 5.10 Å². The number of ether oxygens (including phenoxy) is 1. The quantitative estimate of drug-likeness (QED) is 0.235. The van der Waals surface area contributed by atoms with E-state index < -0.39 is 17.8 Å². The Morgan fingerprint density at radius 1 is 0.938 bits per heavy atom. The molecule has 7 nitrogen and oxygen atoms in total. The molecule has 0 radical (unpaired) electrons. The summed E-state index contributed by atoms with van der Waals surface area (Å²) in [6.45, 7) is -0.278. The molecule has 0 aromatic heterocycles. The Morgan fingerprint density at radius 2 is 1.69 bits per heavy atom. The molecule has 2 N–H and O–H groups in total. The van der Waals surface area contributed by atoms with Crippen LogP contribution in [0, 0.1) is 0 Å². The van der Waals surface area contributed by atoms with Crippen LogP contribution in [0.4, 0.5) is 0 Å². The highest BCUT2D eigenvalue weighted by Crippen LogP contribution is 2.16. The smallest absolute Gasteiger partial charge is 0.343 e. The second-order valence-electron chi connectivity index (χ2n) is 6.42. The number of hydrogen-bond donors (Lipinski definition) is 2. The number of halogens is 2. The van der Waals surface area contributed by atoms with Gasteiger partial charge in [0.15, 0.2) is 0 Å². The molecule has 0 heterocycles. The molecular formula is C23H17Cl2N3O4. The van der Waals surface area contributed by atoms with Crippen molar-refractivity contribution in [2.75, 3.05) is 6.54 Å². The molecule has 0 aliphatic rings. The van der Waals surface area contributed by atoms with E-state index in [1.165, 1.54) is 6.21 Å². The summed E-state index contributed by atoms with van der Waals surface area (Å²) in [7, 11) is 0. The van der Waals surface area contributed by atoms with Crippen LogP contribution in [0.1, 0.15) is 26.3 Å². The number of nitrogens with one attached hydrogen (secondary N) is 2. The fourth-order valence-corrected chi connectivity index (χ4v) is 2.88. The van der Waals surface area contributed by atoms with E-state index in [1.807, 2.05) is 0 Å². The standard InChI is InChI=1S/C23H17Cl2N3O4/c24-17-10-8-16(9-11-17)23(31)32-18-5-3-4-15(12-18)13-27-28-21(29)14-26-22(30)19-6-1-2-7-20(19)25/h1-13H,14H2,(H,26,30)(H,28,29)/b27-13-. The molecule has 0 spiro atoms. The van der Waals surface area contributed by atoms with Gasteiger partial charge in [0.05, 0.1) is 28.9 Å². The minimum atomic E-state index is -0.529. The van der Waals surface area contributed by atoms with E-state index in [0.717, 1.165) is 0 Å². The van der Waals surface area contributed by atoms with Crippen molar-refractivity contribution in [3.63, 3.8) is 0 Å². The van der Waals surface area contributed by atoms with Crippen LogP contribution < -0.4 is 15.5 Å². The number of amides is 2. The zero-order valence-corrected chi connectivity index (χ0v) is 18.1. The highest BCUT2D eigenvalue weighted by Gasteiger charge is 2.11. The van der Waals surface area contributed by atoms with Gasteiger partial charge in [0.2, 0.25) is 0 Å². The third-order valence-electron chi connectivity index (χ3n) is 4.08. The fraction of sp³-hybridized carbons (Fsp3) is 0.0435. The molecule has 3 aromatic carbocycles. The number of carbonyl (C=O) groups excluding carboxylic acids is 3. The van der Waals surface area contributed by atoms with E-state index in [2.05, 4.69) is 15.8 Å². The third-order valence-corrected chi connectivity index (χ3v) is 4.66. The summed E-state index contributed by atoms with van der Waals surface area (Å²) in [5.74, 6) is -1.21. The van der Waals surface area contributed by atoms with Crippen LogP contribution in [-0.4, -0.2) is 30.5 Å². The average molecular weight is 470 g/mol. The van der Waals surface area contributed by atoms with E-state index in [-0.39, 0.29) is 12.1 Å².